The number of aromatic nitrogens is 3. The molecule has 8 heteroatoms. The van der Waals surface area contributed by atoms with Gasteiger partial charge in [0.25, 0.3) is 5.91 Å². The predicted octanol–water partition coefficient (Wildman–Crippen LogP) is 2.77. The van der Waals surface area contributed by atoms with E-state index in [9.17, 15) is 14.7 Å². The lowest BCUT2D eigenvalue weighted by molar-refractivity contribution is -0.139. The van der Waals surface area contributed by atoms with E-state index >= 15 is 0 Å². The Balaban J connectivity index is 2.31. The van der Waals surface area contributed by atoms with E-state index in [0.717, 1.165) is 11.4 Å². The molecule has 0 spiro atoms. The number of hydrogen-bond donors (Lipinski definition) is 2. The minimum atomic E-state index is -1.09. The number of pyridine rings is 1. The molecule has 134 valence electrons. The van der Waals surface area contributed by atoms with E-state index in [0.29, 0.717) is 12.2 Å². The summed E-state index contributed by atoms with van der Waals surface area (Å²) in [6.45, 7) is 7.50. The maximum atomic E-state index is 12.5. The number of carbonyl (C=O) groups excluding carboxylic acids is 1. The van der Waals surface area contributed by atoms with E-state index in [1.54, 1.807) is 16.8 Å². The molecule has 7 nitrogen and oxygen atoms in total. The van der Waals surface area contributed by atoms with Gasteiger partial charge in [-0.2, -0.15) is 5.10 Å². The van der Waals surface area contributed by atoms with Crippen LogP contribution in [-0.4, -0.2) is 37.8 Å². The average Bonchev–Trinajstić information content (AvgIpc) is 2.85. The van der Waals surface area contributed by atoms with E-state index in [1.165, 1.54) is 0 Å². The second-order valence-corrected chi connectivity index (χ2v) is 6.74. The van der Waals surface area contributed by atoms with Gasteiger partial charge in [-0.1, -0.05) is 25.4 Å². The molecule has 2 N–H and O–H groups in total. The summed E-state index contributed by atoms with van der Waals surface area (Å²) in [5.74, 6) is -1.16. The lowest BCUT2D eigenvalue weighted by Crippen LogP contribution is -2.42. The molecule has 2 aromatic rings. The molecule has 0 fully saturated rings. The first kappa shape index (κ1) is 18.9. The molecular weight excluding hydrogens is 344 g/mol. The van der Waals surface area contributed by atoms with Gasteiger partial charge in [-0.3, -0.25) is 4.79 Å². The predicted molar refractivity (Wildman–Crippen MR) is 94.2 cm³/mol. The summed E-state index contributed by atoms with van der Waals surface area (Å²) in [5, 5.41) is 16.2. The highest BCUT2D eigenvalue weighted by Gasteiger charge is 2.24. The van der Waals surface area contributed by atoms with Crippen molar-refractivity contribution in [1.29, 1.82) is 0 Å². The Morgan fingerprint density at radius 3 is 2.52 bits per heavy atom. The Kier molecular flexibility index (Phi) is 5.79. The molecule has 0 bridgehead atoms. The Morgan fingerprint density at radius 1 is 1.32 bits per heavy atom. The van der Waals surface area contributed by atoms with E-state index in [4.69, 9.17) is 11.6 Å². The van der Waals surface area contributed by atoms with Crippen LogP contribution in [0.1, 0.15) is 42.1 Å². The van der Waals surface area contributed by atoms with Crippen LogP contribution in [0.4, 0.5) is 0 Å². The fourth-order valence-corrected chi connectivity index (χ4v) is 2.68. The summed E-state index contributed by atoms with van der Waals surface area (Å²) in [7, 11) is 0. The topological polar surface area (TPSA) is 97.1 Å². The van der Waals surface area contributed by atoms with Crippen molar-refractivity contribution >= 4 is 23.5 Å². The fraction of sp³-hybridized carbons (Fsp3) is 0.412. The summed E-state index contributed by atoms with van der Waals surface area (Å²) < 4.78 is 1.60. The molecule has 2 rings (SSSR count). The number of amides is 1. The first-order valence-electron chi connectivity index (χ1n) is 7.93. The number of halogens is 1. The number of carboxylic acids is 1. The van der Waals surface area contributed by atoms with Crippen LogP contribution in [0.25, 0.3) is 5.82 Å². The van der Waals surface area contributed by atoms with Crippen molar-refractivity contribution in [2.24, 2.45) is 5.92 Å². The lowest BCUT2D eigenvalue weighted by Gasteiger charge is -2.17. The number of carbonyl (C=O) groups is 2. The third kappa shape index (κ3) is 4.57. The van der Waals surface area contributed by atoms with Crippen LogP contribution < -0.4 is 5.32 Å². The van der Waals surface area contributed by atoms with Crippen molar-refractivity contribution < 1.29 is 14.7 Å². The quantitative estimate of drug-likeness (QED) is 0.821. The van der Waals surface area contributed by atoms with Crippen LogP contribution >= 0.6 is 11.6 Å². The zero-order valence-corrected chi connectivity index (χ0v) is 15.3. The third-order valence-electron chi connectivity index (χ3n) is 3.58. The lowest BCUT2D eigenvalue weighted by atomic mass is 10.0. The summed E-state index contributed by atoms with van der Waals surface area (Å²) in [6, 6.07) is 4.09. The van der Waals surface area contributed by atoms with E-state index in [1.807, 2.05) is 33.8 Å². The zero-order chi connectivity index (χ0) is 18.7. The maximum Gasteiger partial charge on any atom is 0.326 e. The summed E-state index contributed by atoms with van der Waals surface area (Å²) >= 11 is 6.09. The van der Waals surface area contributed by atoms with E-state index in [2.05, 4.69) is 15.4 Å². The Bertz CT molecular complexity index is 801. The highest BCUT2D eigenvalue weighted by molar-refractivity contribution is 6.33. The number of nitrogens with one attached hydrogen (secondary N) is 1. The average molecular weight is 365 g/mol. The SMILES string of the molecule is Cc1cc(C)n(-c2ccc(Cl)c(C(=O)N[C@@H](CC(C)C)C(=O)O)n2)n1. The Hall–Kier alpha value is -2.41. The molecule has 25 heavy (non-hydrogen) atoms. The van der Waals surface area contributed by atoms with Gasteiger partial charge >= 0.3 is 5.97 Å². The smallest absolute Gasteiger partial charge is 0.326 e. The summed E-state index contributed by atoms with van der Waals surface area (Å²) in [6.07, 6.45) is 0.315. The van der Waals surface area contributed by atoms with Gasteiger partial charge in [0, 0.05) is 5.69 Å². The second-order valence-electron chi connectivity index (χ2n) is 6.33. The molecule has 1 atom stereocenters. The van der Waals surface area contributed by atoms with Crippen LogP contribution in [0.2, 0.25) is 5.02 Å². The van der Waals surface area contributed by atoms with Gasteiger partial charge in [0.05, 0.1) is 10.7 Å². The maximum absolute atomic E-state index is 12.5. The highest BCUT2D eigenvalue weighted by Crippen LogP contribution is 2.18. The van der Waals surface area contributed by atoms with Gasteiger partial charge in [0.1, 0.15) is 11.7 Å². The molecule has 0 radical (unpaired) electrons. The van der Waals surface area contributed by atoms with Crippen LogP contribution in [-0.2, 0) is 4.79 Å². The minimum Gasteiger partial charge on any atom is -0.480 e. The van der Waals surface area contributed by atoms with Gasteiger partial charge in [-0.05, 0) is 44.4 Å². The molecule has 0 saturated carbocycles. The molecule has 0 unspecified atom stereocenters. The fourth-order valence-electron chi connectivity index (χ4n) is 2.49. The molecule has 0 aliphatic carbocycles. The van der Waals surface area contributed by atoms with Crippen molar-refractivity contribution in [1.82, 2.24) is 20.1 Å². The van der Waals surface area contributed by atoms with Gasteiger partial charge in [0.2, 0.25) is 0 Å². The molecule has 0 aliphatic rings. The molecule has 2 aromatic heterocycles. The largest absolute Gasteiger partial charge is 0.480 e. The van der Waals surface area contributed by atoms with Gasteiger partial charge in [-0.15, -0.1) is 0 Å². The van der Waals surface area contributed by atoms with Crippen molar-refractivity contribution in [3.05, 3.63) is 40.3 Å². The minimum absolute atomic E-state index is 0.0262. The first-order valence-corrected chi connectivity index (χ1v) is 8.30. The third-order valence-corrected chi connectivity index (χ3v) is 3.89. The second kappa shape index (κ2) is 7.65. The number of aryl methyl sites for hydroxylation is 2. The summed E-state index contributed by atoms with van der Waals surface area (Å²) in [4.78, 5) is 28.1. The standard InChI is InChI=1S/C17H21ClN4O3/c1-9(2)7-13(17(24)25)19-16(23)15-12(18)5-6-14(20-15)22-11(4)8-10(3)21-22/h5-6,8-9,13H,7H2,1-4H3,(H,19,23)(H,24,25)/t13-/m0/s1. The number of nitrogens with zero attached hydrogens (tertiary/aromatic N) is 3. The molecule has 0 aliphatic heterocycles. The van der Waals surface area contributed by atoms with Gasteiger partial charge in [0.15, 0.2) is 5.82 Å². The molecule has 0 saturated heterocycles. The molecular formula is C17H21ClN4O3. The van der Waals surface area contributed by atoms with Crippen molar-refractivity contribution in [3.8, 4) is 5.82 Å². The summed E-state index contributed by atoms with van der Waals surface area (Å²) in [5.41, 5.74) is 1.66. The molecule has 2 heterocycles. The van der Waals surface area contributed by atoms with Crippen LogP contribution in [0.5, 0.6) is 0 Å². The Morgan fingerprint density at radius 2 is 2.00 bits per heavy atom. The number of aliphatic carboxylic acids is 1. The van der Waals surface area contributed by atoms with Crippen molar-refractivity contribution in [2.45, 2.75) is 40.2 Å². The number of rotatable bonds is 6. The van der Waals surface area contributed by atoms with Crippen molar-refractivity contribution in [2.75, 3.05) is 0 Å². The van der Waals surface area contributed by atoms with Crippen LogP contribution in [0.15, 0.2) is 18.2 Å². The zero-order valence-electron chi connectivity index (χ0n) is 14.6. The van der Waals surface area contributed by atoms with Crippen LogP contribution in [0, 0.1) is 19.8 Å². The van der Waals surface area contributed by atoms with Crippen LogP contribution in [0.3, 0.4) is 0 Å². The molecule has 0 aromatic carbocycles. The van der Waals surface area contributed by atoms with E-state index < -0.39 is 17.9 Å². The highest BCUT2D eigenvalue weighted by atomic mass is 35.5. The van der Waals surface area contributed by atoms with Crippen molar-refractivity contribution in [3.63, 3.8) is 0 Å². The van der Waals surface area contributed by atoms with Gasteiger partial charge in [-0.25, -0.2) is 14.5 Å². The molecule has 1 amide bonds. The van der Waals surface area contributed by atoms with E-state index in [-0.39, 0.29) is 16.6 Å². The Labute approximate surface area is 151 Å². The normalized spacial score (nSPS) is 12.2. The monoisotopic (exact) mass is 364 g/mol. The first-order chi connectivity index (χ1) is 11.7. The number of carboxylic acid groups (broad SMARTS) is 1. The number of hydrogen-bond acceptors (Lipinski definition) is 4. The van der Waals surface area contributed by atoms with Gasteiger partial charge < -0.3 is 10.4 Å².